The van der Waals surface area contributed by atoms with Crippen molar-refractivity contribution in [3.05, 3.63) is 40.7 Å². The Kier molecular flexibility index (Phi) is 2.82. The maximum Gasteiger partial charge on any atom is 0.304 e. The molecule has 2 rings (SSSR count). The molecule has 0 saturated carbocycles. The lowest BCUT2D eigenvalue weighted by Crippen LogP contribution is -2.06. The summed E-state index contributed by atoms with van der Waals surface area (Å²) in [6, 6.07) is 3.52. The third-order valence-electron chi connectivity index (χ3n) is 2.01. The summed E-state index contributed by atoms with van der Waals surface area (Å²) in [6.07, 6.45) is 3.20. The molecular weight excluding hydrogens is 214 g/mol. The largest absolute Gasteiger partial charge is 0.481 e. The van der Waals surface area contributed by atoms with Gasteiger partial charge in [0.1, 0.15) is 10.8 Å². The highest BCUT2D eigenvalue weighted by Gasteiger charge is 2.22. The summed E-state index contributed by atoms with van der Waals surface area (Å²) in [5.41, 5.74) is 0. The number of aliphatic carboxylic acids is 1. The summed E-state index contributed by atoms with van der Waals surface area (Å²) < 4.78 is 5.22. The Morgan fingerprint density at radius 2 is 2.53 bits per heavy atom. The van der Waals surface area contributed by atoms with E-state index in [1.807, 2.05) is 5.38 Å². The van der Waals surface area contributed by atoms with E-state index in [4.69, 9.17) is 9.52 Å². The molecule has 2 aromatic rings. The molecule has 1 unspecified atom stereocenters. The van der Waals surface area contributed by atoms with Crippen LogP contribution in [0.25, 0.3) is 0 Å². The number of carboxylic acids is 1. The standard InChI is InChI=1S/C10H9NO3S/c12-9(13)6-7(8-2-1-4-14-8)10-11-3-5-15-10/h1-5,7H,6H2,(H,12,13). The van der Waals surface area contributed by atoms with E-state index in [9.17, 15) is 4.79 Å². The summed E-state index contributed by atoms with van der Waals surface area (Å²) in [7, 11) is 0. The van der Waals surface area contributed by atoms with Gasteiger partial charge < -0.3 is 9.52 Å². The fourth-order valence-corrected chi connectivity index (χ4v) is 2.13. The Labute approximate surface area is 90.2 Å². The van der Waals surface area contributed by atoms with E-state index in [2.05, 4.69) is 4.98 Å². The van der Waals surface area contributed by atoms with Gasteiger partial charge >= 0.3 is 5.97 Å². The number of hydrogen-bond acceptors (Lipinski definition) is 4. The van der Waals surface area contributed by atoms with E-state index < -0.39 is 5.97 Å². The minimum atomic E-state index is -0.855. The van der Waals surface area contributed by atoms with Gasteiger partial charge in [-0.2, -0.15) is 0 Å². The van der Waals surface area contributed by atoms with Gasteiger partial charge in [-0.1, -0.05) is 0 Å². The maximum absolute atomic E-state index is 10.7. The molecule has 15 heavy (non-hydrogen) atoms. The third-order valence-corrected chi connectivity index (χ3v) is 2.90. The lowest BCUT2D eigenvalue weighted by atomic mass is 10.0. The molecule has 78 valence electrons. The number of furan rings is 1. The second-order valence-corrected chi connectivity index (χ2v) is 3.96. The van der Waals surface area contributed by atoms with Crippen molar-refractivity contribution < 1.29 is 14.3 Å². The highest BCUT2D eigenvalue weighted by atomic mass is 32.1. The highest BCUT2D eigenvalue weighted by molar-refractivity contribution is 7.09. The number of rotatable bonds is 4. The number of thiazole rings is 1. The fraction of sp³-hybridized carbons (Fsp3) is 0.200. The smallest absolute Gasteiger partial charge is 0.304 e. The van der Waals surface area contributed by atoms with Crippen LogP contribution in [-0.4, -0.2) is 16.1 Å². The van der Waals surface area contributed by atoms with Crippen LogP contribution in [0, 0.1) is 0 Å². The van der Waals surface area contributed by atoms with Gasteiger partial charge in [0.2, 0.25) is 0 Å². The van der Waals surface area contributed by atoms with Gasteiger partial charge in [0.05, 0.1) is 18.6 Å². The number of aromatic nitrogens is 1. The lowest BCUT2D eigenvalue weighted by molar-refractivity contribution is -0.137. The second kappa shape index (κ2) is 4.27. The Morgan fingerprint density at radius 3 is 3.07 bits per heavy atom. The Morgan fingerprint density at radius 1 is 1.67 bits per heavy atom. The van der Waals surface area contributed by atoms with Crippen LogP contribution >= 0.6 is 11.3 Å². The molecule has 5 heteroatoms. The Bertz CT molecular complexity index is 387. The molecule has 0 saturated heterocycles. The molecule has 0 aliphatic heterocycles. The van der Waals surface area contributed by atoms with Crippen molar-refractivity contribution >= 4 is 17.3 Å². The summed E-state index contributed by atoms with van der Waals surface area (Å²) >= 11 is 1.44. The Hall–Kier alpha value is -1.62. The van der Waals surface area contributed by atoms with Crippen molar-refractivity contribution in [1.29, 1.82) is 0 Å². The van der Waals surface area contributed by atoms with E-state index in [1.54, 1.807) is 18.3 Å². The molecular formula is C10H9NO3S. The normalized spacial score (nSPS) is 12.5. The highest BCUT2D eigenvalue weighted by Crippen LogP contribution is 2.29. The molecule has 2 heterocycles. The molecule has 0 amide bonds. The van der Waals surface area contributed by atoms with Crippen molar-refractivity contribution in [2.45, 2.75) is 12.3 Å². The predicted octanol–water partition coefficient (Wildman–Crippen LogP) is 2.34. The topological polar surface area (TPSA) is 63.3 Å². The minimum absolute atomic E-state index is 0.00102. The molecule has 1 atom stereocenters. The molecule has 0 aliphatic carbocycles. The number of nitrogens with zero attached hydrogens (tertiary/aromatic N) is 1. The van der Waals surface area contributed by atoms with E-state index >= 15 is 0 Å². The first kappa shape index (κ1) is 9.92. The zero-order valence-electron chi connectivity index (χ0n) is 7.79. The van der Waals surface area contributed by atoms with Crippen LogP contribution in [0.5, 0.6) is 0 Å². The van der Waals surface area contributed by atoms with Crippen molar-refractivity contribution in [1.82, 2.24) is 4.98 Å². The van der Waals surface area contributed by atoms with Crippen LogP contribution in [0.15, 0.2) is 34.4 Å². The van der Waals surface area contributed by atoms with Crippen molar-refractivity contribution in [3.8, 4) is 0 Å². The van der Waals surface area contributed by atoms with E-state index in [0.717, 1.165) is 5.01 Å². The zero-order chi connectivity index (χ0) is 10.7. The Balaban J connectivity index is 2.29. The fourth-order valence-electron chi connectivity index (χ4n) is 1.38. The van der Waals surface area contributed by atoms with E-state index in [-0.39, 0.29) is 12.3 Å². The second-order valence-electron chi connectivity index (χ2n) is 3.04. The quantitative estimate of drug-likeness (QED) is 0.864. The molecule has 1 N–H and O–H groups in total. The van der Waals surface area contributed by atoms with Gasteiger partial charge in [-0.05, 0) is 12.1 Å². The van der Waals surface area contributed by atoms with Gasteiger partial charge in [0.25, 0.3) is 0 Å². The predicted molar refractivity (Wildman–Crippen MR) is 54.9 cm³/mol. The average Bonchev–Trinajstić information content (AvgIpc) is 2.87. The van der Waals surface area contributed by atoms with Crippen molar-refractivity contribution in [3.63, 3.8) is 0 Å². The molecule has 0 fully saturated rings. The average molecular weight is 223 g/mol. The molecule has 4 nitrogen and oxygen atoms in total. The van der Waals surface area contributed by atoms with E-state index in [0.29, 0.717) is 5.76 Å². The van der Waals surface area contributed by atoms with Gasteiger partial charge in [0, 0.05) is 11.6 Å². The number of hydrogen-bond donors (Lipinski definition) is 1. The van der Waals surface area contributed by atoms with Crippen molar-refractivity contribution in [2.24, 2.45) is 0 Å². The molecule has 2 aromatic heterocycles. The first-order valence-electron chi connectivity index (χ1n) is 4.42. The minimum Gasteiger partial charge on any atom is -0.481 e. The third kappa shape index (κ3) is 2.24. The molecule has 0 bridgehead atoms. The van der Waals surface area contributed by atoms with Gasteiger partial charge in [-0.25, -0.2) is 4.98 Å². The number of carboxylic acid groups (broad SMARTS) is 1. The lowest BCUT2D eigenvalue weighted by Gasteiger charge is -2.08. The maximum atomic E-state index is 10.7. The van der Waals surface area contributed by atoms with Crippen LogP contribution in [-0.2, 0) is 4.79 Å². The summed E-state index contributed by atoms with van der Waals surface area (Å²) in [4.78, 5) is 14.9. The van der Waals surface area contributed by atoms with Crippen LogP contribution in [0.4, 0.5) is 0 Å². The zero-order valence-corrected chi connectivity index (χ0v) is 8.61. The van der Waals surface area contributed by atoms with Crippen LogP contribution in [0.1, 0.15) is 23.1 Å². The summed E-state index contributed by atoms with van der Waals surface area (Å²) in [6.45, 7) is 0. The van der Waals surface area contributed by atoms with Gasteiger partial charge in [-0.15, -0.1) is 11.3 Å². The van der Waals surface area contributed by atoms with Crippen molar-refractivity contribution in [2.75, 3.05) is 0 Å². The first-order chi connectivity index (χ1) is 7.27. The molecule has 0 radical (unpaired) electrons. The molecule has 0 spiro atoms. The van der Waals surface area contributed by atoms with E-state index in [1.165, 1.54) is 17.6 Å². The SMILES string of the molecule is O=C(O)CC(c1ccco1)c1nccs1. The van der Waals surface area contributed by atoms with Gasteiger partial charge in [0.15, 0.2) is 0 Å². The molecule has 0 aliphatic rings. The van der Waals surface area contributed by atoms with Crippen LogP contribution in [0.3, 0.4) is 0 Å². The number of carbonyl (C=O) groups is 1. The van der Waals surface area contributed by atoms with Crippen LogP contribution < -0.4 is 0 Å². The summed E-state index contributed by atoms with van der Waals surface area (Å²) in [5.74, 6) is -0.489. The van der Waals surface area contributed by atoms with Crippen LogP contribution in [0.2, 0.25) is 0 Å². The monoisotopic (exact) mass is 223 g/mol. The first-order valence-corrected chi connectivity index (χ1v) is 5.30. The molecule has 0 aromatic carbocycles. The summed E-state index contributed by atoms with van der Waals surface area (Å²) in [5, 5.41) is 11.4. The van der Waals surface area contributed by atoms with Gasteiger partial charge in [-0.3, -0.25) is 4.79 Å².